The van der Waals surface area contributed by atoms with Crippen molar-refractivity contribution in [2.45, 2.75) is 46.1 Å². The van der Waals surface area contributed by atoms with Crippen LogP contribution >= 0.6 is 0 Å². The summed E-state index contributed by atoms with van der Waals surface area (Å²) in [6, 6.07) is 4.45. The number of aryl methyl sites for hydroxylation is 1. The Morgan fingerprint density at radius 2 is 2.17 bits per heavy atom. The zero-order chi connectivity index (χ0) is 13.4. The highest BCUT2D eigenvalue weighted by Crippen LogP contribution is 2.18. The lowest BCUT2D eigenvalue weighted by Crippen LogP contribution is -2.34. The Hall–Kier alpha value is -1.09. The van der Waals surface area contributed by atoms with Gasteiger partial charge in [-0.1, -0.05) is 20.8 Å². The normalized spacial score (nSPS) is 12.7. The van der Waals surface area contributed by atoms with Gasteiger partial charge in [-0.25, -0.2) is 0 Å². The van der Waals surface area contributed by atoms with Gasteiger partial charge in [0.15, 0.2) is 0 Å². The van der Waals surface area contributed by atoms with E-state index in [-0.39, 0.29) is 0 Å². The monoisotopic (exact) mass is 250 g/mol. The Kier molecular flexibility index (Phi) is 6.73. The summed E-state index contributed by atoms with van der Waals surface area (Å²) in [4.78, 5) is 4.41. The Bertz CT molecular complexity index is 339. The minimum atomic E-state index is 0.552. The van der Waals surface area contributed by atoms with Crippen molar-refractivity contribution in [2.24, 2.45) is 5.92 Å². The fourth-order valence-electron chi connectivity index (χ4n) is 2.09. The quantitative estimate of drug-likeness (QED) is 0.770. The largest absolute Gasteiger partial charge is 0.495 e. The minimum Gasteiger partial charge on any atom is -0.495 e. The lowest BCUT2D eigenvalue weighted by Gasteiger charge is -2.22. The molecule has 3 nitrogen and oxygen atoms in total. The third-order valence-corrected chi connectivity index (χ3v) is 3.22. The molecule has 0 aliphatic rings. The third kappa shape index (κ3) is 4.65. The van der Waals surface area contributed by atoms with E-state index in [9.17, 15) is 0 Å². The van der Waals surface area contributed by atoms with Gasteiger partial charge in [-0.15, -0.1) is 0 Å². The van der Waals surface area contributed by atoms with Crippen molar-refractivity contribution in [1.29, 1.82) is 0 Å². The fourth-order valence-corrected chi connectivity index (χ4v) is 2.09. The Balaban J connectivity index is 2.55. The highest BCUT2D eigenvalue weighted by molar-refractivity contribution is 5.26. The van der Waals surface area contributed by atoms with Crippen LogP contribution in [-0.4, -0.2) is 24.7 Å². The van der Waals surface area contributed by atoms with E-state index in [1.165, 1.54) is 6.42 Å². The maximum Gasteiger partial charge on any atom is 0.140 e. The SMILES string of the molecule is CCCNC(CCc1ncccc1OC)C(C)C. The first kappa shape index (κ1) is 15.0. The smallest absolute Gasteiger partial charge is 0.140 e. The van der Waals surface area contributed by atoms with Crippen LogP contribution in [0.1, 0.15) is 39.3 Å². The van der Waals surface area contributed by atoms with Crippen LogP contribution in [0.15, 0.2) is 18.3 Å². The highest BCUT2D eigenvalue weighted by atomic mass is 16.5. The lowest BCUT2D eigenvalue weighted by atomic mass is 9.98. The van der Waals surface area contributed by atoms with E-state index in [0.717, 1.165) is 30.8 Å². The molecule has 0 aliphatic carbocycles. The molecule has 3 heteroatoms. The van der Waals surface area contributed by atoms with Gasteiger partial charge in [-0.3, -0.25) is 4.98 Å². The molecule has 1 aromatic heterocycles. The molecule has 0 fully saturated rings. The standard InChI is InChI=1S/C15H26N2O/c1-5-10-16-13(12(2)3)8-9-14-15(18-4)7-6-11-17-14/h6-7,11-13,16H,5,8-10H2,1-4H3. The van der Waals surface area contributed by atoms with Gasteiger partial charge >= 0.3 is 0 Å². The van der Waals surface area contributed by atoms with Crippen LogP contribution in [0, 0.1) is 5.92 Å². The molecule has 102 valence electrons. The van der Waals surface area contributed by atoms with Gasteiger partial charge in [0, 0.05) is 12.2 Å². The van der Waals surface area contributed by atoms with Crippen LogP contribution in [0.2, 0.25) is 0 Å². The fraction of sp³-hybridized carbons (Fsp3) is 0.667. The van der Waals surface area contributed by atoms with Crippen molar-refractivity contribution in [3.8, 4) is 5.75 Å². The Morgan fingerprint density at radius 3 is 2.78 bits per heavy atom. The Morgan fingerprint density at radius 1 is 1.39 bits per heavy atom. The van der Waals surface area contributed by atoms with Gasteiger partial charge in [0.2, 0.25) is 0 Å². The van der Waals surface area contributed by atoms with E-state index in [1.54, 1.807) is 7.11 Å². The van der Waals surface area contributed by atoms with Gasteiger partial charge in [0.25, 0.3) is 0 Å². The van der Waals surface area contributed by atoms with E-state index < -0.39 is 0 Å². The summed E-state index contributed by atoms with van der Waals surface area (Å²) in [5.74, 6) is 1.54. The van der Waals surface area contributed by atoms with Crippen molar-refractivity contribution in [1.82, 2.24) is 10.3 Å². The van der Waals surface area contributed by atoms with Gasteiger partial charge in [-0.2, -0.15) is 0 Å². The van der Waals surface area contributed by atoms with Crippen molar-refractivity contribution in [2.75, 3.05) is 13.7 Å². The van der Waals surface area contributed by atoms with Crippen molar-refractivity contribution < 1.29 is 4.74 Å². The molecule has 1 unspecified atom stereocenters. The van der Waals surface area contributed by atoms with Crippen molar-refractivity contribution in [3.05, 3.63) is 24.0 Å². The van der Waals surface area contributed by atoms with E-state index in [1.807, 2.05) is 18.3 Å². The molecule has 0 radical (unpaired) electrons. The number of methoxy groups -OCH3 is 1. The second-order valence-corrected chi connectivity index (χ2v) is 5.00. The van der Waals surface area contributed by atoms with Gasteiger partial charge in [0.1, 0.15) is 5.75 Å². The average Bonchev–Trinajstić information content (AvgIpc) is 2.38. The summed E-state index contributed by atoms with van der Waals surface area (Å²) in [6.45, 7) is 7.82. The lowest BCUT2D eigenvalue weighted by molar-refractivity contribution is 0.370. The molecule has 0 aromatic carbocycles. The maximum absolute atomic E-state index is 5.34. The summed E-state index contributed by atoms with van der Waals surface area (Å²) < 4.78 is 5.34. The first-order valence-electron chi connectivity index (χ1n) is 6.90. The van der Waals surface area contributed by atoms with Crippen LogP contribution in [0.4, 0.5) is 0 Å². The van der Waals surface area contributed by atoms with E-state index in [0.29, 0.717) is 12.0 Å². The van der Waals surface area contributed by atoms with Crippen LogP contribution in [-0.2, 0) is 6.42 Å². The predicted octanol–water partition coefficient (Wildman–Crippen LogP) is 3.05. The number of rotatable bonds is 8. The van der Waals surface area contributed by atoms with Gasteiger partial charge in [0.05, 0.1) is 12.8 Å². The number of ether oxygens (including phenoxy) is 1. The molecule has 0 spiro atoms. The second-order valence-electron chi connectivity index (χ2n) is 5.00. The molecule has 0 bridgehead atoms. The predicted molar refractivity (Wildman–Crippen MR) is 76.0 cm³/mol. The maximum atomic E-state index is 5.34. The molecule has 1 heterocycles. The zero-order valence-corrected chi connectivity index (χ0v) is 12.1. The first-order valence-corrected chi connectivity index (χ1v) is 6.90. The van der Waals surface area contributed by atoms with Gasteiger partial charge in [-0.05, 0) is 43.9 Å². The molecule has 0 aliphatic heterocycles. The first-order chi connectivity index (χ1) is 8.69. The molecular weight excluding hydrogens is 224 g/mol. The number of hydrogen-bond acceptors (Lipinski definition) is 3. The molecular formula is C15H26N2O. The summed E-state index contributed by atoms with van der Waals surface area (Å²) in [7, 11) is 1.70. The van der Waals surface area contributed by atoms with Crippen molar-refractivity contribution in [3.63, 3.8) is 0 Å². The molecule has 1 aromatic rings. The third-order valence-electron chi connectivity index (χ3n) is 3.22. The number of hydrogen-bond donors (Lipinski definition) is 1. The molecule has 18 heavy (non-hydrogen) atoms. The molecule has 1 N–H and O–H groups in total. The Labute approximate surface area is 111 Å². The summed E-state index contributed by atoms with van der Waals surface area (Å²) in [5.41, 5.74) is 1.06. The van der Waals surface area contributed by atoms with Crippen LogP contribution < -0.4 is 10.1 Å². The minimum absolute atomic E-state index is 0.552. The summed E-state index contributed by atoms with van der Waals surface area (Å²) in [5, 5.41) is 3.61. The molecule has 1 rings (SSSR count). The highest BCUT2D eigenvalue weighted by Gasteiger charge is 2.13. The van der Waals surface area contributed by atoms with Crippen LogP contribution in [0.5, 0.6) is 5.75 Å². The summed E-state index contributed by atoms with van der Waals surface area (Å²) in [6.07, 6.45) is 5.08. The van der Waals surface area contributed by atoms with E-state index in [4.69, 9.17) is 4.74 Å². The number of nitrogens with one attached hydrogen (secondary N) is 1. The topological polar surface area (TPSA) is 34.2 Å². The van der Waals surface area contributed by atoms with Crippen molar-refractivity contribution >= 4 is 0 Å². The molecule has 0 saturated heterocycles. The molecule has 0 amide bonds. The molecule has 0 saturated carbocycles. The van der Waals surface area contributed by atoms with Gasteiger partial charge < -0.3 is 10.1 Å². The average molecular weight is 250 g/mol. The number of nitrogens with zero attached hydrogens (tertiary/aromatic N) is 1. The summed E-state index contributed by atoms with van der Waals surface area (Å²) >= 11 is 0. The van der Waals surface area contributed by atoms with E-state index >= 15 is 0 Å². The van der Waals surface area contributed by atoms with E-state index in [2.05, 4.69) is 31.1 Å². The second kappa shape index (κ2) is 8.09. The number of pyridine rings is 1. The van der Waals surface area contributed by atoms with Crippen LogP contribution in [0.25, 0.3) is 0 Å². The number of aromatic nitrogens is 1. The van der Waals surface area contributed by atoms with Crippen LogP contribution in [0.3, 0.4) is 0 Å². The molecule has 1 atom stereocenters. The zero-order valence-electron chi connectivity index (χ0n) is 12.1.